The van der Waals surface area contributed by atoms with Crippen LogP contribution < -0.4 is 4.90 Å². The molecular weight excluding hydrogens is 473 g/mol. The van der Waals surface area contributed by atoms with Gasteiger partial charge in [-0.15, -0.1) is 0 Å². The molecule has 1 aromatic carbocycles. The van der Waals surface area contributed by atoms with E-state index >= 15 is 0 Å². The number of hydrogen-bond acceptors (Lipinski definition) is 8. The quantitative estimate of drug-likeness (QED) is 0.602. The smallest absolute Gasteiger partial charge is 0.142 e. The number of aromatic nitrogens is 2. The number of rotatable bonds is 6. The van der Waals surface area contributed by atoms with E-state index in [0.717, 1.165) is 49.5 Å². The Balaban J connectivity index is 1.39. The second kappa shape index (κ2) is 10.4. The first-order valence-electron chi connectivity index (χ1n) is 12.2. The molecule has 1 N–H and O–H groups in total. The van der Waals surface area contributed by atoms with Gasteiger partial charge < -0.3 is 19.5 Å². The topological polar surface area (TPSA) is 82.0 Å². The van der Waals surface area contributed by atoms with Gasteiger partial charge in [0.1, 0.15) is 24.2 Å². The number of morpholine rings is 1. The minimum Gasteiger partial charge on any atom is -0.387 e. The number of carbonyl (C=O) groups excluding carboxylic acids is 1. The van der Waals surface area contributed by atoms with Crippen molar-refractivity contribution >= 4 is 23.7 Å². The van der Waals surface area contributed by atoms with E-state index in [4.69, 9.17) is 16.3 Å². The molecule has 3 aliphatic rings. The Morgan fingerprint density at radius 1 is 1.14 bits per heavy atom. The molecule has 2 unspecified atom stereocenters. The molecule has 3 heterocycles. The van der Waals surface area contributed by atoms with Gasteiger partial charge in [0.25, 0.3) is 0 Å². The van der Waals surface area contributed by atoms with E-state index in [1.165, 1.54) is 18.5 Å². The fraction of sp³-hybridized carbons (Fsp3) is 0.560. The summed E-state index contributed by atoms with van der Waals surface area (Å²) in [6.07, 6.45) is 2.38. The number of anilines is 1. The fourth-order valence-electron chi connectivity index (χ4n) is 5.72. The number of fused-ring (bicyclic) bond motifs is 1. The maximum atomic E-state index is 14.3. The number of ether oxygens (including phenoxy) is 1. The lowest BCUT2D eigenvalue weighted by Gasteiger charge is -2.47. The van der Waals surface area contributed by atoms with E-state index in [9.17, 15) is 14.3 Å². The standard InChI is InChI=1S/C25H31ClFN5O3/c1-16-12-21(34)23-22(16)24(29-15-28-23)30-4-6-31(7-5-30)25(32-8-10-35-11-9-32)18(14-33)17-2-3-19(26)20(27)13-17/h2-3,13-16,18,21,25,34H,4-12H2,1H3/t16-,18?,21-,25?/m1/s1. The number of aliphatic hydroxyl groups excluding tert-OH is 1. The molecule has 1 aliphatic carbocycles. The molecule has 0 amide bonds. The highest BCUT2D eigenvalue weighted by Crippen LogP contribution is 2.43. The lowest BCUT2D eigenvalue weighted by molar-refractivity contribution is -0.115. The number of nitrogens with zero attached hydrogens (tertiary/aromatic N) is 5. The average Bonchev–Trinajstić information content (AvgIpc) is 3.18. The van der Waals surface area contributed by atoms with Crippen molar-refractivity contribution in [3.05, 3.63) is 52.2 Å². The Kier molecular flexibility index (Phi) is 7.31. The summed E-state index contributed by atoms with van der Waals surface area (Å²) in [5.74, 6) is 0.0586. The highest BCUT2D eigenvalue weighted by molar-refractivity contribution is 6.30. The van der Waals surface area contributed by atoms with E-state index in [2.05, 4.69) is 31.6 Å². The maximum Gasteiger partial charge on any atom is 0.142 e. The van der Waals surface area contributed by atoms with Crippen molar-refractivity contribution < 1.29 is 19.0 Å². The van der Waals surface area contributed by atoms with Gasteiger partial charge in [0, 0.05) is 44.8 Å². The first-order valence-corrected chi connectivity index (χ1v) is 12.6. The average molecular weight is 504 g/mol. The van der Waals surface area contributed by atoms with Crippen LogP contribution in [0, 0.1) is 5.82 Å². The summed E-state index contributed by atoms with van der Waals surface area (Å²) in [7, 11) is 0. The van der Waals surface area contributed by atoms with Crippen molar-refractivity contribution in [1.82, 2.24) is 19.8 Å². The molecule has 2 saturated heterocycles. The normalized spacial score (nSPS) is 25.3. The van der Waals surface area contributed by atoms with E-state index < -0.39 is 17.8 Å². The Labute approximate surface area is 209 Å². The van der Waals surface area contributed by atoms with E-state index in [-0.39, 0.29) is 17.1 Å². The summed E-state index contributed by atoms with van der Waals surface area (Å²) in [6.45, 7) is 7.62. The molecule has 2 aliphatic heterocycles. The Morgan fingerprint density at radius 3 is 2.54 bits per heavy atom. The van der Waals surface area contributed by atoms with Gasteiger partial charge in [0.05, 0.1) is 42.1 Å². The zero-order valence-corrected chi connectivity index (χ0v) is 20.6. The van der Waals surface area contributed by atoms with Crippen molar-refractivity contribution in [3.8, 4) is 0 Å². The molecule has 5 rings (SSSR count). The summed E-state index contributed by atoms with van der Waals surface area (Å²) in [5, 5.41) is 10.4. The molecule has 1 aromatic heterocycles. The van der Waals surface area contributed by atoms with Crippen molar-refractivity contribution in [2.75, 3.05) is 57.4 Å². The van der Waals surface area contributed by atoms with Gasteiger partial charge in [-0.2, -0.15) is 0 Å². The molecule has 2 fully saturated rings. The number of hydrogen-bond donors (Lipinski definition) is 1. The van der Waals surface area contributed by atoms with Crippen molar-refractivity contribution in [2.24, 2.45) is 0 Å². The van der Waals surface area contributed by atoms with Gasteiger partial charge in [-0.05, 0) is 30.0 Å². The van der Waals surface area contributed by atoms with Gasteiger partial charge in [-0.1, -0.05) is 24.6 Å². The highest BCUT2D eigenvalue weighted by atomic mass is 35.5. The first-order chi connectivity index (χ1) is 17.0. The summed E-state index contributed by atoms with van der Waals surface area (Å²) in [5.41, 5.74) is 2.40. The van der Waals surface area contributed by atoms with Crippen LogP contribution in [0.5, 0.6) is 0 Å². The van der Waals surface area contributed by atoms with Gasteiger partial charge in [0.15, 0.2) is 0 Å². The molecular formula is C25H31ClFN5O3. The monoisotopic (exact) mass is 503 g/mol. The third kappa shape index (κ3) is 4.80. The molecule has 10 heteroatoms. The highest BCUT2D eigenvalue weighted by Gasteiger charge is 2.38. The largest absolute Gasteiger partial charge is 0.387 e. The van der Waals surface area contributed by atoms with Crippen LogP contribution in [0.4, 0.5) is 10.2 Å². The predicted molar refractivity (Wildman–Crippen MR) is 130 cm³/mol. The van der Waals surface area contributed by atoms with Crippen LogP contribution in [0.2, 0.25) is 5.02 Å². The van der Waals surface area contributed by atoms with Crippen LogP contribution in [0.1, 0.15) is 48.1 Å². The van der Waals surface area contributed by atoms with Gasteiger partial charge in [-0.25, -0.2) is 14.4 Å². The van der Waals surface area contributed by atoms with Gasteiger partial charge >= 0.3 is 0 Å². The van der Waals surface area contributed by atoms with Gasteiger partial charge in [-0.3, -0.25) is 9.80 Å². The molecule has 0 bridgehead atoms. The van der Waals surface area contributed by atoms with Crippen LogP contribution in [0.15, 0.2) is 24.5 Å². The van der Waals surface area contributed by atoms with E-state index in [1.807, 2.05) is 0 Å². The molecule has 2 aromatic rings. The van der Waals surface area contributed by atoms with Crippen molar-refractivity contribution in [1.29, 1.82) is 0 Å². The molecule has 35 heavy (non-hydrogen) atoms. The lowest BCUT2D eigenvalue weighted by atomic mass is 9.94. The third-order valence-corrected chi connectivity index (χ3v) is 7.79. The van der Waals surface area contributed by atoms with Crippen molar-refractivity contribution in [2.45, 2.75) is 37.5 Å². The SMILES string of the molecule is C[C@@H]1C[C@@H](O)c2ncnc(N3CCN(C(C(C=O)c4ccc(Cl)c(F)c4)N4CCOCC4)CC3)c21. The second-order valence-corrected chi connectivity index (χ2v) is 9.98. The number of piperazine rings is 1. The van der Waals surface area contributed by atoms with Gasteiger partial charge in [0.2, 0.25) is 0 Å². The molecule has 0 spiro atoms. The molecule has 0 radical (unpaired) electrons. The summed E-state index contributed by atoms with van der Waals surface area (Å²) in [4.78, 5) is 28.2. The molecule has 8 nitrogen and oxygen atoms in total. The molecule has 188 valence electrons. The Hall–Kier alpha value is -2.17. The zero-order valence-electron chi connectivity index (χ0n) is 19.8. The van der Waals surface area contributed by atoms with Crippen LogP contribution in [-0.2, 0) is 9.53 Å². The van der Waals surface area contributed by atoms with Crippen LogP contribution in [-0.4, -0.2) is 89.8 Å². The number of aliphatic hydroxyl groups is 1. The second-order valence-electron chi connectivity index (χ2n) is 9.57. The number of halogens is 2. The Bertz CT molecular complexity index is 1060. The van der Waals surface area contributed by atoms with Crippen LogP contribution in [0.25, 0.3) is 0 Å². The lowest BCUT2D eigenvalue weighted by Crippen LogP contribution is -2.60. The summed E-state index contributed by atoms with van der Waals surface area (Å²) < 4.78 is 19.9. The number of carbonyl (C=O) groups is 1. The van der Waals surface area contributed by atoms with E-state index in [1.54, 1.807) is 6.07 Å². The van der Waals surface area contributed by atoms with Crippen molar-refractivity contribution in [3.63, 3.8) is 0 Å². The van der Waals surface area contributed by atoms with E-state index in [0.29, 0.717) is 38.3 Å². The summed E-state index contributed by atoms with van der Waals surface area (Å²) >= 11 is 5.91. The predicted octanol–water partition coefficient (Wildman–Crippen LogP) is 2.57. The minimum absolute atomic E-state index is 0.0478. The van der Waals surface area contributed by atoms with Crippen LogP contribution >= 0.6 is 11.6 Å². The number of benzene rings is 1. The fourth-order valence-corrected chi connectivity index (χ4v) is 5.84. The summed E-state index contributed by atoms with van der Waals surface area (Å²) in [6, 6.07) is 4.63. The number of aldehydes is 1. The third-order valence-electron chi connectivity index (χ3n) is 7.48. The maximum absolute atomic E-state index is 14.3. The molecule has 4 atom stereocenters. The zero-order chi connectivity index (χ0) is 24.5. The van der Waals surface area contributed by atoms with Crippen LogP contribution in [0.3, 0.4) is 0 Å². The molecule has 0 saturated carbocycles. The minimum atomic E-state index is -0.540. The Morgan fingerprint density at radius 2 is 1.86 bits per heavy atom. The first kappa shape index (κ1) is 24.5.